The standard InChI is InChI=1S/C15H10F2/c1-9-6-14-12(15(17)7-9)5-3-10-2-4-11(16)8-13(10)14/h2-8H,1H3. The molecule has 0 aliphatic heterocycles. The predicted octanol–water partition coefficient (Wildman–Crippen LogP) is 4.58. The first-order chi connectivity index (χ1) is 8.15. The molecule has 3 aromatic carbocycles. The van der Waals surface area contributed by atoms with Crippen LogP contribution in [0.4, 0.5) is 8.78 Å². The fourth-order valence-electron chi connectivity index (χ4n) is 2.23. The van der Waals surface area contributed by atoms with Crippen molar-refractivity contribution in [2.24, 2.45) is 0 Å². The largest absolute Gasteiger partial charge is 0.207 e. The normalized spacial score (nSPS) is 11.2. The molecule has 0 saturated carbocycles. The van der Waals surface area contributed by atoms with Gasteiger partial charge in [0.2, 0.25) is 0 Å². The first-order valence-electron chi connectivity index (χ1n) is 5.43. The van der Waals surface area contributed by atoms with Crippen LogP contribution in [0.15, 0.2) is 42.5 Å². The molecule has 0 fully saturated rings. The summed E-state index contributed by atoms with van der Waals surface area (Å²) in [7, 11) is 0. The molecule has 0 amide bonds. The van der Waals surface area contributed by atoms with E-state index in [-0.39, 0.29) is 11.6 Å². The van der Waals surface area contributed by atoms with Gasteiger partial charge in [0.05, 0.1) is 0 Å². The van der Waals surface area contributed by atoms with Crippen LogP contribution in [0.1, 0.15) is 5.56 Å². The van der Waals surface area contributed by atoms with Gasteiger partial charge in [-0.05, 0) is 46.8 Å². The Balaban J connectivity index is 2.58. The number of benzene rings is 3. The van der Waals surface area contributed by atoms with Gasteiger partial charge in [0.1, 0.15) is 11.6 Å². The van der Waals surface area contributed by atoms with Crippen LogP contribution in [0.5, 0.6) is 0 Å². The van der Waals surface area contributed by atoms with Gasteiger partial charge in [-0.3, -0.25) is 0 Å². The van der Waals surface area contributed by atoms with Crippen LogP contribution in [0.2, 0.25) is 0 Å². The summed E-state index contributed by atoms with van der Waals surface area (Å²) in [6, 6.07) is 11.5. The third-order valence-electron chi connectivity index (χ3n) is 3.01. The minimum atomic E-state index is -0.299. The molecular weight excluding hydrogens is 218 g/mol. The highest BCUT2D eigenvalue weighted by Crippen LogP contribution is 2.28. The molecule has 0 aliphatic carbocycles. The second kappa shape index (κ2) is 3.52. The second-order valence-corrected chi connectivity index (χ2v) is 4.27. The van der Waals surface area contributed by atoms with E-state index in [9.17, 15) is 8.78 Å². The van der Waals surface area contributed by atoms with Crippen molar-refractivity contribution in [3.63, 3.8) is 0 Å². The van der Waals surface area contributed by atoms with E-state index in [2.05, 4.69) is 0 Å². The summed E-state index contributed by atoms with van der Waals surface area (Å²) in [5.41, 5.74) is 0.840. The minimum absolute atomic E-state index is 0.258. The van der Waals surface area contributed by atoms with Crippen molar-refractivity contribution in [2.75, 3.05) is 0 Å². The van der Waals surface area contributed by atoms with Crippen molar-refractivity contribution in [3.05, 3.63) is 59.7 Å². The smallest absolute Gasteiger partial charge is 0.131 e. The van der Waals surface area contributed by atoms with Crippen molar-refractivity contribution in [3.8, 4) is 0 Å². The van der Waals surface area contributed by atoms with Crippen molar-refractivity contribution in [2.45, 2.75) is 6.92 Å². The van der Waals surface area contributed by atoms with Gasteiger partial charge in [0, 0.05) is 5.39 Å². The van der Waals surface area contributed by atoms with E-state index in [0.717, 1.165) is 21.7 Å². The van der Waals surface area contributed by atoms with Gasteiger partial charge >= 0.3 is 0 Å². The van der Waals surface area contributed by atoms with Crippen molar-refractivity contribution >= 4 is 21.5 Å². The van der Waals surface area contributed by atoms with E-state index >= 15 is 0 Å². The summed E-state index contributed by atoms with van der Waals surface area (Å²) in [6.45, 7) is 1.83. The van der Waals surface area contributed by atoms with E-state index in [4.69, 9.17) is 0 Å². The van der Waals surface area contributed by atoms with Crippen molar-refractivity contribution < 1.29 is 8.78 Å². The van der Waals surface area contributed by atoms with E-state index in [1.165, 1.54) is 18.2 Å². The third kappa shape index (κ3) is 1.57. The molecular formula is C15H10F2. The lowest BCUT2D eigenvalue weighted by Crippen LogP contribution is -1.85. The maximum absolute atomic E-state index is 13.8. The van der Waals surface area contributed by atoms with Crippen LogP contribution in [-0.4, -0.2) is 0 Å². The van der Waals surface area contributed by atoms with Crippen LogP contribution in [0.3, 0.4) is 0 Å². The van der Waals surface area contributed by atoms with Gasteiger partial charge < -0.3 is 0 Å². The number of halogens is 2. The fraction of sp³-hybridized carbons (Fsp3) is 0.0667. The zero-order chi connectivity index (χ0) is 12.0. The molecule has 0 N–H and O–H groups in total. The molecule has 0 unspecified atom stereocenters. The van der Waals surface area contributed by atoms with Gasteiger partial charge in [0.15, 0.2) is 0 Å². The maximum Gasteiger partial charge on any atom is 0.131 e. The molecule has 0 nitrogen and oxygen atoms in total. The Kier molecular flexibility index (Phi) is 2.11. The summed E-state index contributed by atoms with van der Waals surface area (Å²) in [4.78, 5) is 0. The lowest BCUT2D eigenvalue weighted by molar-refractivity contribution is 0.629. The van der Waals surface area contributed by atoms with Crippen LogP contribution >= 0.6 is 0 Å². The average molecular weight is 228 g/mol. The van der Waals surface area contributed by atoms with Gasteiger partial charge in [-0.15, -0.1) is 0 Å². The highest BCUT2D eigenvalue weighted by atomic mass is 19.1. The first kappa shape index (κ1) is 10.2. The summed E-state index contributed by atoms with van der Waals surface area (Å²) < 4.78 is 27.1. The number of rotatable bonds is 0. The summed E-state index contributed by atoms with van der Waals surface area (Å²) in [6.07, 6.45) is 0. The lowest BCUT2D eigenvalue weighted by atomic mass is 10.00. The predicted molar refractivity (Wildman–Crippen MR) is 66.1 cm³/mol. The number of hydrogen-bond acceptors (Lipinski definition) is 0. The molecule has 84 valence electrons. The summed E-state index contributed by atoms with van der Waals surface area (Å²) in [5.74, 6) is -0.557. The summed E-state index contributed by atoms with van der Waals surface area (Å²) in [5, 5.41) is 2.97. The number of hydrogen-bond donors (Lipinski definition) is 0. The van der Waals surface area contributed by atoms with Crippen LogP contribution in [0, 0.1) is 18.6 Å². The highest BCUT2D eigenvalue weighted by Gasteiger charge is 2.06. The van der Waals surface area contributed by atoms with E-state index < -0.39 is 0 Å². The molecule has 0 saturated heterocycles. The van der Waals surface area contributed by atoms with E-state index in [0.29, 0.717) is 5.39 Å². The zero-order valence-corrected chi connectivity index (χ0v) is 9.30. The van der Waals surface area contributed by atoms with Gasteiger partial charge in [0.25, 0.3) is 0 Å². The van der Waals surface area contributed by atoms with E-state index in [1.54, 1.807) is 12.1 Å². The first-order valence-corrected chi connectivity index (χ1v) is 5.43. The van der Waals surface area contributed by atoms with Gasteiger partial charge in [-0.2, -0.15) is 0 Å². The van der Waals surface area contributed by atoms with Crippen LogP contribution in [-0.2, 0) is 0 Å². The molecule has 2 heteroatoms. The monoisotopic (exact) mass is 228 g/mol. The summed E-state index contributed by atoms with van der Waals surface area (Å²) >= 11 is 0. The Morgan fingerprint density at radius 3 is 2.35 bits per heavy atom. The van der Waals surface area contributed by atoms with Crippen LogP contribution in [0.25, 0.3) is 21.5 Å². The Labute approximate surface area is 97.5 Å². The van der Waals surface area contributed by atoms with Gasteiger partial charge in [-0.1, -0.05) is 24.3 Å². The molecule has 17 heavy (non-hydrogen) atoms. The lowest BCUT2D eigenvalue weighted by Gasteiger charge is -2.06. The second-order valence-electron chi connectivity index (χ2n) is 4.27. The highest BCUT2D eigenvalue weighted by molar-refractivity contribution is 6.07. The third-order valence-corrected chi connectivity index (χ3v) is 3.01. The van der Waals surface area contributed by atoms with Gasteiger partial charge in [-0.25, -0.2) is 8.78 Å². The molecule has 3 rings (SSSR count). The zero-order valence-electron chi connectivity index (χ0n) is 9.30. The molecule has 0 radical (unpaired) electrons. The van der Waals surface area contributed by atoms with E-state index in [1.807, 2.05) is 19.1 Å². The quantitative estimate of drug-likeness (QED) is 0.494. The molecule has 0 spiro atoms. The molecule has 0 atom stereocenters. The fourth-order valence-corrected chi connectivity index (χ4v) is 2.23. The van der Waals surface area contributed by atoms with Crippen LogP contribution < -0.4 is 0 Å². The van der Waals surface area contributed by atoms with Crippen molar-refractivity contribution in [1.29, 1.82) is 0 Å². The molecule has 0 bridgehead atoms. The Morgan fingerprint density at radius 1 is 0.765 bits per heavy atom. The van der Waals surface area contributed by atoms with Crippen molar-refractivity contribution in [1.82, 2.24) is 0 Å². The Bertz CT molecular complexity index is 730. The minimum Gasteiger partial charge on any atom is -0.207 e. The molecule has 0 aromatic heterocycles. The molecule has 3 aromatic rings. The molecule has 0 aliphatic rings. The maximum atomic E-state index is 13.8. The number of fused-ring (bicyclic) bond motifs is 3. The Hall–Kier alpha value is -1.96. The Morgan fingerprint density at radius 2 is 1.53 bits per heavy atom. The number of aryl methyl sites for hydroxylation is 1. The average Bonchev–Trinajstić information content (AvgIpc) is 2.28. The molecule has 0 heterocycles. The topological polar surface area (TPSA) is 0 Å². The SMILES string of the molecule is Cc1cc(F)c2ccc3ccc(F)cc3c2c1.